The van der Waals surface area contributed by atoms with Gasteiger partial charge in [-0.1, -0.05) is 61.9 Å². The second-order valence-electron chi connectivity index (χ2n) is 10.8. The van der Waals surface area contributed by atoms with Gasteiger partial charge in [0.15, 0.2) is 6.61 Å². The molecule has 0 spiro atoms. The van der Waals surface area contributed by atoms with Crippen LogP contribution in [0.2, 0.25) is 0 Å². The summed E-state index contributed by atoms with van der Waals surface area (Å²) in [5.74, 6) is -4.37. The summed E-state index contributed by atoms with van der Waals surface area (Å²) in [6.07, 6.45) is 1.70. The monoisotopic (exact) mass is 566 g/mol. The van der Waals surface area contributed by atoms with Gasteiger partial charge in [0, 0.05) is 17.5 Å². The molecular weight excluding hydrogens is 536 g/mol. The van der Waals surface area contributed by atoms with Crippen molar-refractivity contribution in [3.8, 4) is 0 Å². The molecule has 9 nitrogen and oxygen atoms in total. The fraction of sp³-hybridized carbons (Fsp3) is 0.303. The Hall–Kier alpha value is -4.79. The average molecular weight is 567 g/mol. The van der Waals surface area contributed by atoms with E-state index in [9.17, 15) is 24.0 Å². The molecule has 0 radical (unpaired) electrons. The van der Waals surface area contributed by atoms with Crippen LogP contribution in [0.5, 0.6) is 0 Å². The number of imide groups is 1. The lowest BCUT2D eigenvalue weighted by atomic mass is 9.55. The number of rotatable bonds is 9. The van der Waals surface area contributed by atoms with E-state index < -0.39 is 54.6 Å². The van der Waals surface area contributed by atoms with Crippen LogP contribution in [0.1, 0.15) is 64.2 Å². The first-order valence-electron chi connectivity index (χ1n) is 14.1. The average Bonchev–Trinajstić information content (AvgIpc) is 3.26. The van der Waals surface area contributed by atoms with Gasteiger partial charge < -0.3 is 14.8 Å². The van der Waals surface area contributed by atoms with Crippen molar-refractivity contribution in [3.05, 3.63) is 101 Å². The summed E-state index contributed by atoms with van der Waals surface area (Å²) < 4.78 is 10.3. The Morgan fingerprint density at radius 1 is 0.762 bits per heavy atom. The molecule has 0 saturated carbocycles. The molecule has 1 fully saturated rings. The van der Waals surface area contributed by atoms with Gasteiger partial charge in [0.2, 0.25) is 11.8 Å². The maximum Gasteiger partial charge on any atom is 0.338 e. The molecule has 214 valence electrons. The predicted molar refractivity (Wildman–Crippen MR) is 151 cm³/mol. The zero-order chi connectivity index (χ0) is 29.4. The van der Waals surface area contributed by atoms with Gasteiger partial charge in [-0.3, -0.25) is 24.1 Å². The maximum atomic E-state index is 13.6. The smallest absolute Gasteiger partial charge is 0.338 e. The molecule has 3 amide bonds. The topological polar surface area (TPSA) is 119 Å². The normalized spacial score (nSPS) is 21.3. The van der Waals surface area contributed by atoms with Crippen LogP contribution in [-0.4, -0.2) is 54.3 Å². The summed E-state index contributed by atoms with van der Waals surface area (Å²) in [5, 5.41) is 2.59. The minimum atomic E-state index is -0.849. The molecule has 2 atom stereocenters. The lowest BCUT2D eigenvalue weighted by Gasteiger charge is -2.45. The summed E-state index contributed by atoms with van der Waals surface area (Å²) in [5.41, 5.74) is 4.95. The molecule has 0 aromatic heterocycles. The minimum absolute atomic E-state index is 0.264. The highest BCUT2D eigenvalue weighted by Crippen LogP contribution is 2.60. The highest BCUT2D eigenvalue weighted by atomic mass is 16.5. The molecule has 9 heteroatoms. The van der Waals surface area contributed by atoms with E-state index in [0.717, 1.165) is 40.0 Å². The Morgan fingerprint density at radius 2 is 1.29 bits per heavy atom. The third-order valence-electron chi connectivity index (χ3n) is 8.33. The Labute approximate surface area is 242 Å². The number of hydrogen-bond acceptors (Lipinski definition) is 7. The molecule has 1 aliphatic heterocycles. The van der Waals surface area contributed by atoms with Crippen molar-refractivity contribution >= 4 is 35.3 Å². The molecule has 7 rings (SSSR count). The Balaban J connectivity index is 1.07. The lowest BCUT2D eigenvalue weighted by Crippen LogP contribution is -2.41. The second-order valence-corrected chi connectivity index (χ2v) is 10.8. The third kappa shape index (κ3) is 4.74. The van der Waals surface area contributed by atoms with Crippen molar-refractivity contribution in [1.29, 1.82) is 0 Å². The minimum Gasteiger partial charge on any atom is -0.462 e. The van der Waals surface area contributed by atoms with E-state index in [0.29, 0.717) is 17.9 Å². The molecule has 1 N–H and O–H groups in total. The van der Waals surface area contributed by atoms with Crippen LogP contribution in [0.3, 0.4) is 0 Å². The van der Waals surface area contributed by atoms with Crippen molar-refractivity contribution in [1.82, 2.24) is 4.90 Å². The SMILES string of the molecule is CCCCOC(=O)c1ccc(NC(=O)COC(=O)CN2C(=O)[C@@H]3C4c5ccccc5C(c5ccccc54)[C@@H]3C2=O)cc1. The molecule has 3 aromatic rings. The number of ether oxygens (including phenoxy) is 2. The molecule has 4 aliphatic rings. The standard InChI is InChI=1S/C33H30N2O7/c1-2-3-16-41-33(40)19-12-14-20(15-13-19)34-25(36)18-42-26(37)17-35-31(38)29-27-21-8-4-5-9-22(21)28(30(29)32(35)39)24-11-7-6-10-23(24)27/h4-15,27-30H,2-3,16-18H2,1H3,(H,34,36)/t27?,28?,29-,30+. The molecule has 1 saturated heterocycles. The van der Waals surface area contributed by atoms with Gasteiger partial charge in [0.25, 0.3) is 5.91 Å². The van der Waals surface area contributed by atoms with E-state index in [1.54, 1.807) is 12.1 Å². The summed E-state index contributed by atoms with van der Waals surface area (Å²) in [7, 11) is 0. The van der Waals surface area contributed by atoms with Crippen molar-refractivity contribution in [2.24, 2.45) is 11.8 Å². The van der Waals surface area contributed by atoms with Gasteiger partial charge in [-0.2, -0.15) is 0 Å². The zero-order valence-electron chi connectivity index (χ0n) is 23.1. The number of likely N-dealkylation sites (tertiary alicyclic amines) is 1. The van der Waals surface area contributed by atoms with Crippen LogP contribution in [0.25, 0.3) is 0 Å². The number of carbonyl (C=O) groups excluding carboxylic acids is 5. The summed E-state index contributed by atoms with van der Waals surface area (Å²) in [6, 6.07) is 22.0. The van der Waals surface area contributed by atoms with E-state index in [1.807, 2.05) is 55.5 Å². The Kier molecular flexibility index (Phi) is 7.33. The fourth-order valence-electron chi connectivity index (χ4n) is 6.49. The third-order valence-corrected chi connectivity index (χ3v) is 8.33. The van der Waals surface area contributed by atoms with Crippen LogP contribution >= 0.6 is 0 Å². The largest absolute Gasteiger partial charge is 0.462 e. The van der Waals surface area contributed by atoms with E-state index >= 15 is 0 Å². The highest BCUT2D eigenvalue weighted by molar-refractivity contribution is 6.09. The molecule has 42 heavy (non-hydrogen) atoms. The van der Waals surface area contributed by atoms with Crippen molar-refractivity contribution in [2.45, 2.75) is 31.6 Å². The number of amides is 3. The first-order valence-corrected chi connectivity index (χ1v) is 14.1. The highest BCUT2D eigenvalue weighted by Gasteiger charge is 2.61. The predicted octanol–water partition coefficient (Wildman–Crippen LogP) is 4.02. The number of benzene rings is 3. The van der Waals surface area contributed by atoms with Gasteiger partial charge in [-0.25, -0.2) is 4.79 Å². The number of nitrogens with one attached hydrogen (secondary N) is 1. The van der Waals surface area contributed by atoms with Crippen LogP contribution in [0.15, 0.2) is 72.8 Å². The Bertz CT molecular complexity index is 1470. The van der Waals surface area contributed by atoms with Gasteiger partial charge in [-0.15, -0.1) is 0 Å². The van der Waals surface area contributed by atoms with Crippen LogP contribution in [-0.2, 0) is 28.7 Å². The van der Waals surface area contributed by atoms with Gasteiger partial charge in [0.05, 0.1) is 24.0 Å². The summed E-state index contributed by atoms with van der Waals surface area (Å²) in [6.45, 7) is 1.20. The van der Waals surface area contributed by atoms with Crippen LogP contribution < -0.4 is 5.32 Å². The number of nitrogens with zero attached hydrogens (tertiary/aromatic N) is 1. The number of esters is 2. The molecule has 0 unspecified atom stereocenters. The van der Waals surface area contributed by atoms with Gasteiger partial charge in [-0.05, 0) is 52.9 Å². The fourth-order valence-corrected chi connectivity index (χ4v) is 6.49. The summed E-state index contributed by atoms with van der Waals surface area (Å²) in [4.78, 5) is 65.3. The second kappa shape index (κ2) is 11.2. The number of carbonyl (C=O) groups is 5. The van der Waals surface area contributed by atoms with Crippen molar-refractivity contribution in [2.75, 3.05) is 25.1 Å². The maximum absolute atomic E-state index is 13.6. The molecule has 3 aliphatic carbocycles. The van der Waals surface area contributed by atoms with Crippen LogP contribution in [0.4, 0.5) is 5.69 Å². The first-order chi connectivity index (χ1) is 20.4. The number of unbranched alkanes of at least 4 members (excludes halogenated alkanes) is 1. The molecule has 2 bridgehead atoms. The Morgan fingerprint density at radius 3 is 1.79 bits per heavy atom. The molecular formula is C33H30N2O7. The molecule has 3 aromatic carbocycles. The lowest BCUT2D eigenvalue weighted by molar-refractivity contribution is -0.154. The molecule has 1 heterocycles. The van der Waals surface area contributed by atoms with Crippen LogP contribution in [0, 0.1) is 11.8 Å². The van der Waals surface area contributed by atoms with E-state index in [-0.39, 0.29) is 11.8 Å². The van der Waals surface area contributed by atoms with Crippen molar-refractivity contribution < 1.29 is 33.4 Å². The first kappa shape index (κ1) is 27.4. The quantitative estimate of drug-likeness (QED) is 0.236. The number of anilines is 1. The van der Waals surface area contributed by atoms with Crippen molar-refractivity contribution in [3.63, 3.8) is 0 Å². The van der Waals surface area contributed by atoms with Gasteiger partial charge >= 0.3 is 11.9 Å². The number of hydrogen-bond donors (Lipinski definition) is 1. The van der Waals surface area contributed by atoms with E-state index in [4.69, 9.17) is 9.47 Å². The van der Waals surface area contributed by atoms with E-state index in [2.05, 4.69) is 5.32 Å². The summed E-state index contributed by atoms with van der Waals surface area (Å²) >= 11 is 0. The van der Waals surface area contributed by atoms with Gasteiger partial charge in [0.1, 0.15) is 6.54 Å². The van der Waals surface area contributed by atoms with E-state index in [1.165, 1.54) is 12.1 Å². The zero-order valence-corrected chi connectivity index (χ0v) is 23.1.